The van der Waals surface area contributed by atoms with E-state index in [1.807, 2.05) is 18.0 Å². The van der Waals surface area contributed by atoms with Gasteiger partial charge in [0.25, 0.3) is 0 Å². The van der Waals surface area contributed by atoms with Crippen LogP contribution in [0, 0.1) is 12.8 Å². The smallest absolute Gasteiger partial charge is 0.225 e. The zero-order chi connectivity index (χ0) is 14.8. The van der Waals surface area contributed by atoms with Crippen molar-refractivity contribution in [3.8, 4) is 0 Å². The van der Waals surface area contributed by atoms with Crippen LogP contribution in [0.1, 0.15) is 24.8 Å². The summed E-state index contributed by atoms with van der Waals surface area (Å²) in [5.41, 5.74) is 7.07. The molecule has 1 aromatic heterocycles. The van der Waals surface area contributed by atoms with Crippen LogP contribution in [-0.4, -0.2) is 48.0 Å². The van der Waals surface area contributed by atoms with E-state index in [2.05, 4.69) is 22.0 Å². The van der Waals surface area contributed by atoms with Crippen LogP contribution in [0.4, 0.5) is 5.82 Å². The Morgan fingerprint density at radius 1 is 1.24 bits per heavy atom. The Kier molecular flexibility index (Phi) is 4.10. The summed E-state index contributed by atoms with van der Waals surface area (Å²) in [6.07, 6.45) is 4.68. The molecular formula is C16H24N4O. The number of nitrogens with zero attached hydrogens (tertiary/aromatic N) is 3. The first-order valence-electron chi connectivity index (χ1n) is 7.85. The van der Waals surface area contributed by atoms with Gasteiger partial charge < -0.3 is 15.5 Å². The van der Waals surface area contributed by atoms with Crippen LogP contribution in [-0.2, 0) is 4.79 Å². The van der Waals surface area contributed by atoms with Crippen LogP contribution in [0.3, 0.4) is 0 Å². The van der Waals surface area contributed by atoms with E-state index in [1.54, 1.807) is 0 Å². The number of carbonyl (C=O) groups excluding carboxylic acids is 1. The van der Waals surface area contributed by atoms with Gasteiger partial charge in [-0.05, 0) is 37.8 Å². The predicted octanol–water partition coefficient (Wildman–Crippen LogP) is 1.17. The summed E-state index contributed by atoms with van der Waals surface area (Å²) in [6.45, 7) is 5.43. The third-order valence-electron chi connectivity index (χ3n) is 4.60. The van der Waals surface area contributed by atoms with E-state index in [0.29, 0.717) is 5.91 Å². The highest BCUT2D eigenvalue weighted by Gasteiger charge is 2.31. The number of carbonyl (C=O) groups is 1. The monoisotopic (exact) mass is 288 g/mol. The quantitative estimate of drug-likeness (QED) is 0.887. The molecule has 0 aliphatic carbocycles. The fourth-order valence-electron chi connectivity index (χ4n) is 3.25. The van der Waals surface area contributed by atoms with Gasteiger partial charge in [-0.15, -0.1) is 0 Å². The summed E-state index contributed by atoms with van der Waals surface area (Å²) < 4.78 is 0. The van der Waals surface area contributed by atoms with Crippen molar-refractivity contribution in [3.05, 3.63) is 23.9 Å². The number of rotatable bonds is 2. The van der Waals surface area contributed by atoms with Gasteiger partial charge in [0.15, 0.2) is 0 Å². The molecule has 5 nitrogen and oxygen atoms in total. The largest absolute Gasteiger partial charge is 0.357 e. The molecule has 114 valence electrons. The van der Waals surface area contributed by atoms with Gasteiger partial charge in [-0.2, -0.15) is 0 Å². The van der Waals surface area contributed by atoms with Crippen molar-refractivity contribution in [2.24, 2.45) is 11.7 Å². The van der Waals surface area contributed by atoms with Crippen molar-refractivity contribution in [1.82, 2.24) is 9.88 Å². The number of aryl methyl sites for hydroxylation is 1. The number of hydrogen-bond acceptors (Lipinski definition) is 4. The third kappa shape index (κ3) is 3.18. The van der Waals surface area contributed by atoms with Crippen molar-refractivity contribution in [3.63, 3.8) is 0 Å². The summed E-state index contributed by atoms with van der Waals surface area (Å²) in [6, 6.07) is 4.33. The highest BCUT2D eigenvalue weighted by atomic mass is 16.2. The minimum absolute atomic E-state index is 0.164. The summed E-state index contributed by atoms with van der Waals surface area (Å²) in [7, 11) is 0. The van der Waals surface area contributed by atoms with Crippen LogP contribution in [0.2, 0.25) is 0 Å². The van der Waals surface area contributed by atoms with E-state index in [-0.39, 0.29) is 12.0 Å². The van der Waals surface area contributed by atoms with Crippen LogP contribution in [0.5, 0.6) is 0 Å². The first-order valence-corrected chi connectivity index (χ1v) is 7.85. The van der Waals surface area contributed by atoms with Crippen molar-refractivity contribution < 1.29 is 4.79 Å². The lowest BCUT2D eigenvalue weighted by atomic mass is 9.95. The average molecular weight is 288 g/mol. The van der Waals surface area contributed by atoms with Gasteiger partial charge in [-0.1, -0.05) is 6.07 Å². The lowest BCUT2D eigenvalue weighted by molar-refractivity contribution is -0.135. The van der Waals surface area contributed by atoms with E-state index in [4.69, 9.17) is 5.73 Å². The van der Waals surface area contributed by atoms with E-state index in [0.717, 1.165) is 51.3 Å². The van der Waals surface area contributed by atoms with Crippen LogP contribution < -0.4 is 10.6 Å². The Bertz CT molecular complexity index is 494. The number of anilines is 1. The maximum atomic E-state index is 12.5. The number of pyridine rings is 1. The summed E-state index contributed by atoms with van der Waals surface area (Å²) in [5, 5.41) is 0. The van der Waals surface area contributed by atoms with Gasteiger partial charge in [0.05, 0.1) is 0 Å². The first kappa shape index (κ1) is 14.3. The fraction of sp³-hybridized carbons (Fsp3) is 0.625. The van der Waals surface area contributed by atoms with Gasteiger partial charge in [0.1, 0.15) is 5.82 Å². The zero-order valence-electron chi connectivity index (χ0n) is 12.7. The van der Waals surface area contributed by atoms with Crippen molar-refractivity contribution in [2.45, 2.75) is 32.2 Å². The van der Waals surface area contributed by atoms with E-state index in [1.165, 1.54) is 5.56 Å². The Labute approximate surface area is 126 Å². The molecule has 0 spiro atoms. The fourth-order valence-corrected chi connectivity index (χ4v) is 3.25. The lowest BCUT2D eigenvalue weighted by Crippen LogP contribution is -2.42. The van der Waals surface area contributed by atoms with Crippen LogP contribution >= 0.6 is 0 Å². The normalized spacial score (nSPS) is 23.6. The maximum Gasteiger partial charge on any atom is 0.225 e. The molecule has 2 saturated heterocycles. The number of hydrogen-bond donors (Lipinski definition) is 1. The highest BCUT2D eigenvalue weighted by Crippen LogP contribution is 2.24. The average Bonchev–Trinajstić information content (AvgIpc) is 2.94. The predicted molar refractivity (Wildman–Crippen MR) is 83.1 cm³/mol. The molecule has 3 rings (SSSR count). The molecule has 1 amide bonds. The van der Waals surface area contributed by atoms with E-state index in [9.17, 15) is 4.79 Å². The molecule has 2 aliphatic heterocycles. The molecule has 3 heterocycles. The molecule has 0 unspecified atom stereocenters. The molecule has 0 radical (unpaired) electrons. The minimum atomic E-state index is 0.164. The molecule has 0 saturated carbocycles. The van der Waals surface area contributed by atoms with E-state index < -0.39 is 0 Å². The van der Waals surface area contributed by atoms with Gasteiger partial charge in [0.2, 0.25) is 5.91 Å². The zero-order valence-corrected chi connectivity index (χ0v) is 12.7. The Balaban J connectivity index is 1.55. The number of nitrogens with two attached hydrogens (primary N) is 1. The number of aromatic nitrogens is 1. The SMILES string of the molecule is Cc1ccc(N2CCC(C(=O)N3CC[C@H](N)C3)CC2)nc1. The Hall–Kier alpha value is -1.62. The summed E-state index contributed by atoms with van der Waals surface area (Å²) >= 11 is 0. The van der Waals surface area contributed by atoms with Crippen molar-refractivity contribution in [1.29, 1.82) is 0 Å². The second-order valence-electron chi connectivity index (χ2n) is 6.29. The standard InChI is InChI=1S/C16H24N4O/c1-12-2-3-15(18-10-12)19-7-4-13(5-8-19)16(21)20-9-6-14(17)11-20/h2-3,10,13-14H,4-9,11,17H2,1H3/t14-/m0/s1. The maximum absolute atomic E-state index is 12.5. The van der Waals surface area contributed by atoms with Crippen molar-refractivity contribution in [2.75, 3.05) is 31.1 Å². The molecule has 2 aliphatic rings. The second kappa shape index (κ2) is 6.02. The molecule has 2 N–H and O–H groups in total. The molecule has 21 heavy (non-hydrogen) atoms. The molecule has 1 atom stereocenters. The summed E-state index contributed by atoms with van der Waals surface area (Å²) in [5.74, 6) is 1.49. The Morgan fingerprint density at radius 2 is 2.00 bits per heavy atom. The lowest BCUT2D eigenvalue weighted by Gasteiger charge is -2.33. The first-order chi connectivity index (χ1) is 10.1. The molecule has 0 bridgehead atoms. The van der Waals surface area contributed by atoms with Gasteiger partial charge >= 0.3 is 0 Å². The molecule has 1 aromatic rings. The van der Waals surface area contributed by atoms with E-state index >= 15 is 0 Å². The Morgan fingerprint density at radius 3 is 2.57 bits per heavy atom. The van der Waals surface area contributed by atoms with Gasteiger partial charge in [0, 0.05) is 44.3 Å². The number of amides is 1. The highest BCUT2D eigenvalue weighted by molar-refractivity contribution is 5.79. The summed E-state index contributed by atoms with van der Waals surface area (Å²) in [4.78, 5) is 21.2. The number of piperidine rings is 1. The number of likely N-dealkylation sites (tertiary alicyclic amines) is 1. The topological polar surface area (TPSA) is 62.5 Å². The third-order valence-corrected chi connectivity index (χ3v) is 4.60. The molecule has 0 aromatic carbocycles. The minimum Gasteiger partial charge on any atom is -0.357 e. The van der Waals surface area contributed by atoms with Gasteiger partial charge in [-0.3, -0.25) is 4.79 Å². The molecule has 2 fully saturated rings. The van der Waals surface area contributed by atoms with Crippen molar-refractivity contribution >= 4 is 11.7 Å². The second-order valence-corrected chi connectivity index (χ2v) is 6.29. The van der Waals surface area contributed by atoms with Crippen LogP contribution in [0.15, 0.2) is 18.3 Å². The van der Waals surface area contributed by atoms with Gasteiger partial charge in [-0.25, -0.2) is 4.98 Å². The molecule has 5 heteroatoms. The molecular weight excluding hydrogens is 264 g/mol. The van der Waals surface area contributed by atoms with Crippen LogP contribution in [0.25, 0.3) is 0 Å².